The first-order valence-electron chi connectivity index (χ1n) is 13.4. The molecule has 0 fully saturated rings. The van der Waals surface area contributed by atoms with Crippen LogP contribution in [0.25, 0.3) is 21.9 Å². The lowest BCUT2D eigenvalue weighted by molar-refractivity contribution is -0.167. The predicted octanol–water partition coefficient (Wildman–Crippen LogP) is 6.13. The Morgan fingerprint density at radius 1 is 0.976 bits per heavy atom. The fourth-order valence-corrected chi connectivity index (χ4v) is 5.08. The molecule has 0 spiro atoms. The van der Waals surface area contributed by atoms with Crippen LogP contribution in [0.2, 0.25) is 0 Å². The number of hydrogen-bond donors (Lipinski definition) is 2. The van der Waals surface area contributed by atoms with E-state index in [1.807, 2.05) is 13.8 Å². The summed E-state index contributed by atoms with van der Waals surface area (Å²) in [5.41, 5.74) is -3.65. The van der Waals surface area contributed by atoms with Crippen LogP contribution in [-0.4, -0.2) is 36.4 Å². The standard InChI is InChI=1S/C29H29F3N2O7/c1-4-7-11-28(12-8-5-2)24(36)16-9-10-17-21(35)18-13-15(25(37)40-6-3)14-19(33-27(39)29(30,31)32)22(18)41-23(17)20(16)34-26(28)38/h9-10,13-14H,4-8,11-12H2,1-3H3,(H,33,39)(H,34,38). The molecule has 0 aliphatic carbocycles. The van der Waals surface area contributed by atoms with Crippen molar-refractivity contribution in [2.75, 3.05) is 17.2 Å². The molecule has 1 aromatic heterocycles. The minimum absolute atomic E-state index is 0.0503. The normalized spacial score (nSPS) is 14.6. The summed E-state index contributed by atoms with van der Waals surface area (Å²) in [7, 11) is 0. The zero-order valence-electron chi connectivity index (χ0n) is 22.8. The third-order valence-corrected chi connectivity index (χ3v) is 7.22. The third-order valence-electron chi connectivity index (χ3n) is 7.22. The van der Waals surface area contributed by atoms with Gasteiger partial charge >= 0.3 is 18.1 Å². The summed E-state index contributed by atoms with van der Waals surface area (Å²) in [4.78, 5) is 65.1. The fraction of sp³-hybridized carbons (Fsp3) is 0.414. The SMILES string of the molecule is CCCCC1(CCCC)C(=O)Nc2c(ccc3c(=O)c4cc(C(=O)OCC)cc(NC(=O)C(F)(F)F)c4oc23)C1=O. The molecule has 2 heterocycles. The largest absolute Gasteiger partial charge is 0.471 e. The van der Waals surface area contributed by atoms with Crippen LogP contribution in [0.1, 0.15) is 80.0 Å². The number of carbonyl (C=O) groups excluding carboxylic acids is 4. The van der Waals surface area contributed by atoms with Crippen LogP contribution >= 0.6 is 0 Å². The van der Waals surface area contributed by atoms with E-state index in [9.17, 15) is 37.1 Å². The number of rotatable bonds is 9. The van der Waals surface area contributed by atoms with E-state index < -0.39 is 51.9 Å². The van der Waals surface area contributed by atoms with Crippen molar-refractivity contribution in [3.63, 3.8) is 0 Å². The minimum Gasteiger partial charge on any atom is -0.462 e. The molecule has 4 rings (SSSR count). The smallest absolute Gasteiger partial charge is 0.462 e. The number of esters is 1. The average Bonchev–Trinajstić information content (AvgIpc) is 2.92. The molecule has 0 radical (unpaired) electrons. The Morgan fingerprint density at radius 3 is 2.22 bits per heavy atom. The summed E-state index contributed by atoms with van der Waals surface area (Å²) >= 11 is 0. The molecule has 12 heteroatoms. The lowest BCUT2D eigenvalue weighted by Crippen LogP contribution is -2.47. The fourth-order valence-electron chi connectivity index (χ4n) is 5.08. The molecule has 0 bridgehead atoms. The summed E-state index contributed by atoms with van der Waals surface area (Å²) in [6, 6.07) is 4.74. The van der Waals surface area contributed by atoms with Crippen LogP contribution in [0.3, 0.4) is 0 Å². The molecule has 9 nitrogen and oxygen atoms in total. The van der Waals surface area contributed by atoms with Gasteiger partial charge in [-0.1, -0.05) is 39.5 Å². The molecule has 218 valence electrons. The highest BCUT2D eigenvalue weighted by atomic mass is 19.4. The second-order valence-electron chi connectivity index (χ2n) is 9.94. The molecule has 2 N–H and O–H groups in total. The Labute approximate surface area is 232 Å². The third kappa shape index (κ3) is 5.30. The van der Waals surface area contributed by atoms with Crippen molar-refractivity contribution in [3.8, 4) is 0 Å². The van der Waals surface area contributed by atoms with E-state index >= 15 is 0 Å². The maximum Gasteiger partial charge on any atom is 0.471 e. The maximum atomic E-state index is 13.8. The van der Waals surface area contributed by atoms with Crippen molar-refractivity contribution in [2.45, 2.75) is 65.5 Å². The second kappa shape index (κ2) is 11.3. The molecule has 1 aliphatic rings. The Morgan fingerprint density at radius 2 is 1.63 bits per heavy atom. The van der Waals surface area contributed by atoms with Crippen LogP contribution in [0.15, 0.2) is 33.5 Å². The molecule has 41 heavy (non-hydrogen) atoms. The number of nitrogens with one attached hydrogen (secondary N) is 2. The quantitative estimate of drug-likeness (QED) is 0.179. The van der Waals surface area contributed by atoms with Crippen molar-refractivity contribution in [1.29, 1.82) is 0 Å². The first-order valence-corrected chi connectivity index (χ1v) is 13.4. The lowest BCUT2D eigenvalue weighted by Gasteiger charge is -2.35. The number of hydrogen-bond acceptors (Lipinski definition) is 7. The second-order valence-corrected chi connectivity index (χ2v) is 9.94. The lowest BCUT2D eigenvalue weighted by atomic mass is 9.69. The van der Waals surface area contributed by atoms with E-state index in [4.69, 9.17) is 9.15 Å². The summed E-state index contributed by atoms with van der Waals surface area (Å²) < 4.78 is 50.2. The van der Waals surface area contributed by atoms with E-state index in [-0.39, 0.29) is 39.8 Å². The average molecular weight is 575 g/mol. The van der Waals surface area contributed by atoms with Gasteiger partial charge in [0.15, 0.2) is 16.9 Å². The number of benzene rings is 2. The topological polar surface area (TPSA) is 132 Å². The van der Waals surface area contributed by atoms with Gasteiger partial charge in [0, 0.05) is 5.56 Å². The van der Waals surface area contributed by atoms with Gasteiger partial charge in [0.05, 0.1) is 34.3 Å². The molecule has 0 atom stereocenters. The number of fused-ring (bicyclic) bond motifs is 4. The number of unbranched alkanes of at least 4 members (excludes halogenated alkanes) is 2. The molecule has 2 aromatic carbocycles. The number of ether oxygens (including phenoxy) is 1. The van der Waals surface area contributed by atoms with Gasteiger partial charge in [0.1, 0.15) is 5.41 Å². The van der Waals surface area contributed by atoms with Gasteiger partial charge in [-0.05, 0) is 44.0 Å². The van der Waals surface area contributed by atoms with Gasteiger partial charge in [-0.2, -0.15) is 13.2 Å². The maximum absolute atomic E-state index is 13.8. The monoisotopic (exact) mass is 574 g/mol. The van der Waals surface area contributed by atoms with Crippen molar-refractivity contribution in [2.24, 2.45) is 5.41 Å². The van der Waals surface area contributed by atoms with Crippen LogP contribution in [0, 0.1) is 5.41 Å². The molecule has 0 unspecified atom stereocenters. The number of halogens is 3. The Bertz CT molecular complexity index is 1620. The van der Waals surface area contributed by atoms with E-state index in [0.29, 0.717) is 25.7 Å². The molecular weight excluding hydrogens is 545 g/mol. The van der Waals surface area contributed by atoms with E-state index in [1.165, 1.54) is 19.1 Å². The van der Waals surface area contributed by atoms with E-state index in [0.717, 1.165) is 25.0 Å². The zero-order valence-corrected chi connectivity index (χ0v) is 22.8. The van der Waals surface area contributed by atoms with Crippen LogP contribution in [0.5, 0.6) is 0 Å². The molecule has 1 aliphatic heterocycles. The number of Topliss-reactive ketones (excluding diaryl/α,β-unsaturated/α-hetero) is 1. The summed E-state index contributed by atoms with van der Waals surface area (Å²) in [5.74, 6) is -4.27. The summed E-state index contributed by atoms with van der Waals surface area (Å²) in [5, 5.41) is 3.98. The van der Waals surface area contributed by atoms with Gasteiger partial charge in [-0.3, -0.25) is 19.2 Å². The van der Waals surface area contributed by atoms with E-state index in [2.05, 4.69) is 5.32 Å². The van der Waals surface area contributed by atoms with Gasteiger partial charge in [0.25, 0.3) is 0 Å². The van der Waals surface area contributed by atoms with Gasteiger partial charge in [-0.25, -0.2) is 4.79 Å². The molecule has 0 saturated carbocycles. The van der Waals surface area contributed by atoms with Gasteiger partial charge in [0.2, 0.25) is 11.3 Å². The zero-order chi connectivity index (χ0) is 30.1. The number of alkyl halides is 3. The van der Waals surface area contributed by atoms with E-state index in [1.54, 1.807) is 5.32 Å². The number of ketones is 1. The molecular formula is C29H29F3N2O7. The summed E-state index contributed by atoms with van der Waals surface area (Å²) in [6.45, 7) is 5.36. The highest BCUT2D eigenvalue weighted by Crippen LogP contribution is 2.44. The first kappa shape index (κ1) is 29.8. The van der Waals surface area contributed by atoms with Crippen LogP contribution in [-0.2, 0) is 14.3 Å². The number of anilines is 2. The number of carbonyl (C=O) groups is 4. The predicted molar refractivity (Wildman–Crippen MR) is 145 cm³/mol. The minimum atomic E-state index is -5.29. The Hall–Kier alpha value is -4.22. The Balaban J connectivity index is 1.99. The van der Waals surface area contributed by atoms with Crippen LogP contribution < -0.4 is 16.1 Å². The van der Waals surface area contributed by atoms with Crippen molar-refractivity contribution in [3.05, 3.63) is 45.6 Å². The molecule has 3 aromatic rings. The highest BCUT2D eigenvalue weighted by molar-refractivity contribution is 6.27. The first-order chi connectivity index (χ1) is 19.4. The van der Waals surface area contributed by atoms with Gasteiger partial charge < -0.3 is 19.8 Å². The molecule has 0 saturated heterocycles. The van der Waals surface area contributed by atoms with Crippen LogP contribution in [0.4, 0.5) is 24.5 Å². The molecule has 2 amide bonds. The Kier molecular flexibility index (Phi) is 8.23. The van der Waals surface area contributed by atoms with Crippen molar-refractivity contribution >= 4 is 56.9 Å². The highest BCUT2D eigenvalue weighted by Gasteiger charge is 2.49. The number of amides is 2. The summed E-state index contributed by atoms with van der Waals surface area (Å²) in [6.07, 6.45) is -1.83. The van der Waals surface area contributed by atoms with Crippen molar-refractivity contribution < 1.29 is 41.5 Å². The van der Waals surface area contributed by atoms with Crippen molar-refractivity contribution in [1.82, 2.24) is 0 Å². The van der Waals surface area contributed by atoms with Gasteiger partial charge in [-0.15, -0.1) is 0 Å².